The van der Waals surface area contributed by atoms with E-state index in [-0.39, 0.29) is 12.3 Å². The molecule has 0 aliphatic carbocycles. The molecule has 1 aromatic carbocycles. The van der Waals surface area contributed by atoms with E-state index in [2.05, 4.69) is 14.8 Å². The maximum absolute atomic E-state index is 11.6. The van der Waals surface area contributed by atoms with Crippen molar-refractivity contribution in [1.29, 1.82) is 0 Å². The molecule has 1 rings (SSSR count). The van der Waals surface area contributed by atoms with Crippen LogP contribution in [0.3, 0.4) is 0 Å². The number of benzene rings is 1. The minimum atomic E-state index is -1.02. The largest absolute Gasteiger partial charge is 0.465 e. The molecule has 0 aliphatic heterocycles. The van der Waals surface area contributed by atoms with Crippen LogP contribution in [0.2, 0.25) is 0 Å². The van der Waals surface area contributed by atoms with Gasteiger partial charge in [-0.2, -0.15) is 0 Å². The van der Waals surface area contributed by atoms with E-state index in [1.54, 1.807) is 0 Å². The average molecular weight is 313 g/mol. The van der Waals surface area contributed by atoms with Crippen LogP contribution in [0.25, 0.3) is 0 Å². The Kier molecular flexibility index (Phi) is 5.32. The van der Waals surface area contributed by atoms with Gasteiger partial charge in [0, 0.05) is 12.1 Å². The van der Waals surface area contributed by atoms with Crippen LogP contribution in [0.1, 0.15) is 17.3 Å². The second-order valence-corrected chi connectivity index (χ2v) is 3.74. The summed E-state index contributed by atoms with van der Waals surface area (Å²) in [6, 6.07) is 1.35. The molecule has 0 atom stereocenters. The lowest BCUT2D eigenvalue weighted by Gasteiger charge is -2.09. The Labute approximate surface area is 123 Å². The molecule has 118 valence electrons. The van der Waals surface area contributed by atoms with Crippen molar-refractivity contribution in [3.05, 3.63) is 37.9 Å². The number of ether oxygens (including phenoxy) is 2. The van der Waals surface area contributed by atoms with Crippen molar-refractivity contribution in [3.8, 4) is 0 Å². The molecule has 22 heavy (non-hydrogen) atoms. The maximum atomic E-state index is 11.6. The highest BCUT2D eigenvalue weighted by Crippen LogP contribution is 2.33. The van der Waals surface area contributed by atoms with Crippen LogP contribution >= 0.6 is 0 Å². The Balaban J connectivity index is 3.47. The molecule has 1 amide bonds. The van der Waals surface area contributed by atoms with Crippen molar-refractivity contribution in [2.45, 2.75) is 6.92 Å². The van der Waals surface area contributed by atoms with Crippen LogP contribution in [-0.4, -0.2) is 35.6 Å². The van der Waals surface area contributed by atoms with E-state index in [0.29, 0.717) is 12.1 Å². The monoisotopic (exact) mass is 313 g/mol. The summed E-state index contributed by atoms with van der Waals surface area (Å²) in [6.07, 6.45) is -0.976. The average Bonchev–Trinajstić information content (AvgIpc) is 2.45. The van der Waals surface area contributed by atoms with Gasteiger partial charge in [0.05, 0.1) is 34.8 Å². The predicted molar refractivity (Wildman–Crippen MR) is 71.7 cm³/mol. The highest BCUT2D eigenvalue weighted by atomic mass is 16.6. The van der Waals surface area contributed by atoms with Crippen molar-refractivity contribution in [3.63, 3.8) is 0 Å². The minimum Gasteiger partial charge on any atom is -0.465 e. The molecular formula is C11H11N3O8. The first-order valence-corrected chi connectivity index (χ1v) is 5.80. The summed E-state index contributed by atoms with van der Waals surface area (Å²) in [5, 5.41) is 23.8. The van der Waals surface area contributed by atoms with E-state index < -0.39 is 38.8 Å². The molecule has 0 bridgehead atoms. The molecule has 0 aliphatic rings. The van der Waals surface area contributed by atoms with Gasteiger partial charge < -0.3 is 9.47 Å². The van der Waals surface area contributed by atoms with E-state index >= 15 is 0 Å². The number of esters is 1. The molecule has 0 radical (unpaired) electrons. The van der Waals surface area contributed by atoms with Gasteiger partial charge in [-0.15, -0.1) is 0 Å². The van der Waals surface area contributed by atoms with Crippen LogP contribution < -0.4 is 5.32 Å². The van der Waals surface area contributed by atoms with Gasteiger partial charge in [-0.1, -0.05) is 0 Å². The summed E-state index contributed by atoms with van der Waals surface area (Å²) < 4.78 is 9.02. The second kappa shape index (κ2) is 6.97. The Morgan fingerprint density at radius 3 is 2.18 bits per heavy atom. The number of nitrogens with zero attached hydrogens (tertiary/aromatic N) is 2. The Morgan fingerprint density at radius 1 is 1.18 bits per heavy atom. The third-order valence-electron chi connectivity index (χ3n) is 2.43. The Morgan fingerprint density at radius 2 is 1.73 bits per heavy atom. The first-order chi connectivity index (χ1) is 10.3. The molecular weight excluding hydrogens is 302 g/mol. The van der Waals surface area contributed by atoms with E-state index in [9.17, 15) is 29.8 Å². The van der Waals surface area contributed by atoms with Crippen molar-refractivity contribution in [2.75, 3.05) is 19.0 Å². The number of rotatable bonds is 5. The third-order valence-corrected chi connectivity index (χ3v) is 2.43. The summed E-state index contributed by atoms with van der Waals surface area (Å²) in [6.45, 7) is 1.55. The lowest BCUT2D eigenvalue weighted by Crippen LogP contribution is -2.17. The van der Waals surface area contributed by atoms with Gasteiger partial charge in [0.2, 0.25) is 0 Å². The zero-order chi connectivity index (χ0) is 16.9. The predicted octanol–water partition coefficient (Wildman–Crippen LogP) is 1.86. The van der Waals surface area contributed by atoms with Gasteiger partial charge in [0.25, 0.3) is 0 Å². The summed E-state index contributed by atoms with van der Waals surface area (Å²) in [4.78, 5) is 42.7. The van der Waals surface area contributed by atoms with E-state index in [4.69, 9.17) is 0 Å². The summed E-state index contributed by atoms with van der Waals surface area (Å²) in [7, 11) is 1.02. The van der Waals surface area contributed by atoms with Crippen molar-refractivity contribution in [1.82, 2.24) is 0 Å². The Hall–Kier alpha value is -3.24. The number of amides is 1. The van der Waals surface area contributed by atoms with Gasteiger partial charge in [-0.05, 0) is 6.92 Å². The summed E-state index contributed by atoms with van der Waals surface area (Å²) in [5.41, 5.74) is -2.53. The van der Waals surface area contributed by atoms with Crippen molar-refractivity contribution in [2.24, 2.45) is 0 Å². The van der Waals surface area contributed by atoms with Gasteiger partial charge in [-0.25, -0.2) is 9.59 Å². The normalized spacial score (nSPS) is 9.73. The second-order valence-electron chi connectivity index (χ2n) is 3.74. The number of anilines is 1. The highest BCUT2D eigenvalue weighted by molar-refractivity contribution is 6.01. The lowest BCUT2D eigenvalue weighted by atomic mass is 10.1. The molecule has 1 aromatic rings. The van der Waals surface area contributed by atoms with Gasteiger partial charge in [0.15, 0.2) is 0 Å². The number of methoxy groups -OCH3 is 1. The number of hydrogen-bond donors (Lipinski definition) is 1. The van der Waals surface area contributed by atoms with Crippen molar-refractivity contribution >= 4 is 29.1 Å². The van der Waals surface area contributed by atoms with Crippen LogP contribution in [-0.2, 0) is 9.47 Å². The molecule has 0 spiro atoms. The number of nitro groups is 2. The van der Waals surface area contributed by atoms with Crippen molar-refractivity contribution < 1.29 is 28.9 Å². The number of carbonyl (C=O) groups excluding carboxylic acids is 2. The fourth-order valence-electron chi connectivity index (χ4n) is 1.53. The highest BCUT2D eigenvalue weighted by Gasteiger charge is 2.30. The first kappa shape index (κ1) is 16.8. The zero-order valence-electron chi connectivity index (χ0n) is 11.5. The van der Waals surface area contributed by atoms with E-state index in [1.165, 1.54) is 6.92 Å². The summed E-state index contributed by atoms with van der Waals surface area (Å²) >= 11 is 0. The molecule has 0 aromatic heterocycles. The lowest BCUT2D eigenvalue weighted by molar-refractivity contribution is -0.422. The van der Waals surface area contributed by atoms with Crippen LogP contribution in [0.4, 0.5) is 21.9 Å². The smallest absolute Gasteiger partial charge is 0.411 e. The number of nitrogens with one attached hydrogen (secondary N) is 1. The third kappa shape index (κ3) is 3.65. The van der Waals surface area contributed by atoms with Gasteiger partial charge in [0.1, 0.15) is 0 Å². The number of nitro benzene ring substituents is 2. The standard InChI is InChI=1S/C11H11N3O8/c1-3-22-11(16)12-7-5-9(14(19)20)8(13(17)18)4-6(7)10(15)21-2/h4-5H,3H2,1-2H3,(H,12,16). The first-order valence-electron chi connectivity index (χ1n) is 5.80. The minimum absolute atomic E-state index is 0.0223. The number of carbonyl (C=O) groups is 2. The molecule has 11 heteroatoms. The molecule has 1 N–H and O–H groups in total. The van der Waals surface area contributed by atoms with Crippen LogP contribution in [0, 0.1) is 20.2 Å². The maximum Gasteiger partial charge on any atom is 0.411 e. The molecule has 0 heterocycles. The molecule has 0 fully saturated rings. The topological polar surface area (TPSA) is 151 Å². The fourth-order valence-corrected chi connectivity index (χ4v) is 1.53. The fraction of sp³-hybridized carbons (Fsp3) is 0.273. The van der Waals surface area contributed by atoms with Crippen LogP contribution in [0.15, 0.2) is 12.1 Å². The number of hydrogen-bond acceptors (Lipinski definition) is 8. The molecule has 0 unspecified atom stereocenters. The van der Waals surface area contributed by atoms with E-state index in [1.807, 2.05) is 0 Å². The van der Waals surface area contributed by atoms with Gasteiger partial charge in [-0.3, -0.25) is 25.5 Å². The summed E-state index contributed by atoms with van der Waals surface area (Å²) in [5.74, 6) is -1.01. The van der Waals surface area contributed by atoms with Crippen LogP contribution in [0.5, 0.6) is 0 Å². The molecule has 0 saturated heterocycles. The van der Waals surface area contributed by atoms with Gasteiger partial charge >= 0.3 is 23.4 Å². The quantitative estimate of drug-likeness (QED) is 0.491. The molecule has 11 nitrogen and oxygen atoms in total. The van der Waals surface area contributed by atoms with E-state index in [0.717, 1.165) is 7.11 Å². The SMILES string of the molecule is CCOC(=O)Nc1cc([N+](=O)[O-])c([N+](=O)[O-])cc1C(=O)OC. The molecule has 0 saturated carbocycles. The Bertz CT molecular complexity index is 642. The zero-order valence-corrected chi connectivity index (χ0v) is 11.5.